The van der Waals surface area contributed by atoms with Crippen molar-refractivity contribution in [3.05, 3.63) is 29.8 Å². The van der Waals surface area contributed by atoms with Crippen molar-refractivity contribution in [2.75, 3.05) is 11.9 Å². The molecule has 1 aliphatic carbocycles. The first kappa shape index (κ1) is 9.57. The SMILES string of the molecule is CCc1ccc(N(C)C2CCC2)cc1. The Labute approximate surface area is 86.7 Å². The van der Waals surface area contributed by atoms with Crippen LogP contribution >= 0.6 is 0 Å². The molecule has 1 nitrogen and oxygen atoms in total. The number of rotatable bonds is 3. The quantitative estimate of drug-likeness (QED) is 0.705. The number of benzene rings is 1. The van der Waals surface area contributed by atoms with Gasteiger partial charge in [0.05, 0.1) is 0 Å². The fourth-order valence-corrected chi connectivity index (χ4v) is 1.95. The Hall–Kier alpha value is -0.980. The number of nitrogens with zero attached hydrogens (tertiary/aromatic N) is 1. The van der Waals surface area contributed by atoms with Crippen molar-refractivity contribution in [1.82, 2.24) is 0 Å². The van der Waals surface area contributed by atoms with E-state index in [1.807, 2.05) is 0 Å². The Kier molecular flexibility index (Phi) is 2.76. The Morgan fingerprint density at radius 3 is 2.29 bits per heavy atom. The lowest BCUT2D eigenvalue weighted by Crippen LogP contribution is -2.36. The molecule has 76 valence electrons. The molecule has 0 aliphatic heterocycles. The van der Waals surface area contributed by atoms with Gasteiger partial charge in [-0.1, -0.05) is 19.1 Å². The number of hydrogen-bond donors (Lipinski definition) is 0. The maximum Gasteiger partial charge on any atom is 0.0366 e. The van der Waals surface area contributed by atoms with E-state index in [-0.39, 0.29) is 0 Å². The second-order valence-electron chi connectivity index (χ2n) is 4.22. The standard InChI is InChI=1S/C13H19N/c1-3-11-7-9-13(10-8-11)14(2)12-5-4-6-12/h7-10,12H,3-6H2,1-2H3. The summed E-state index contributed by atoms with van der Waals surface area (Å²) in [7, 11) is 2.21. The molecule has 0 aromatic heterocycles. The first-order valence-corrected chi connectivity index (χ1v) is 5.63. The van der Waals surface area contributed by atoms with Crippen molar-refractivity contribution in [3.63, 3.8) is 0 Å². The van der Waals surface area contributed by atoms with E-state index >= 15 is 0 Å². The minimum absolute atomic E-state index is 0.794. The largest absolute Gasteiger partial charge is 0.372 e. The molecule has 0 saturated heterocycles. The van der Waals surface area contributed by atoms with Crippen LogP contribution in [0.4, 0.5) is 5.69 Å². The van der Waals surface area contributed by atoms with Crippen molar-refractivity contribution >= 4 is 5.69 Å². The van der Waals surface area contributed by atoms with Crippen LogP contribution < -0.4 is 4.90 Å². The van der Waals surface area contributed by atoms with Gasteiger partial charge >= 0.3 is 0 Å². The normalized spacial score (nSPS) is 16.4. The van der Waals surface area contributed by atoms with Gasteiger partial charge in [-0.25, -0.2) is 0 Å². The zero-order valence-electron chi connectivity index (χ0n) is 9.16. The second kappa shape index (κ2) is 4.04. The molecule has 1 saturated carbocycles. The van der Waals surface area contributed by atoms with E-state index in [0.717, 1.165) is 12.5 Å². The van der Waals surface area contributed by atoms with Crippen LogP contribution in [-0.4, -0.2) is 13.1 Å². The topological polar surface area (TPSA) is 3.24 Å². The summed E-state index contributed by atoms with van der Waals surface area (Å²) in [6.45, 7) is 2.20. The molecule has 0 radical (unpaired) electrons. The van der Waals surface area contributed by atoms with Crippen LogP contribution in [0, 0.1) is 0 Å². The fraction of sp³-hybridized carbons (Fsp3) is 0.538. The Bertz CT molecular complexity index is 285. The molecule has 2 rings (SSSR count). The van der Waals surface area contributed by atoms with Gasteiger partial charge in [0.25, 0.3) is 0 Å². The summed E-state index contributed by atoms with van der Waals surface area (Å²) in [6.07, 6.45) is 5.27. The fourth-order valence-electron chi connectivity index (χ4n) is 1.95. The molecule has 0 heterocycles. The molecule has 0 unspecified atom stereocenters. The van der Waals surface area contributed by atoms with E-state index < -0.39 is 0 Å². The lowest BCUT2D eigenvalue weighted by molar-refractivity contribution is 0.401. The van der Waals surface area contributed by atoms with Crippen molar-refractivity contribution in [2.45, 2.75) is 38.6 Å². The molecule has 0 spiro atoms. The van der Waals surface area contributed by atoms with E-state index in [1.54, 1.807) is 0 Å². The smallest absolute Gasteiger partial charge is 0.0366 e. The molecule has 0 N–H and O–H groups in total. The highest BCUT2D eigenvalue weighted by molar-refractivity contribution is 5.48. The van der Waals surface area contributed by atoms with E-state index in [1.165, 1.54) is 30.5 Å². The van der Waals surface area contributed by atoms with Gasteiger partial charge < -0.3 is 4.90 Å². The molecule has 1 aromatic rings. The van der Waals surface area contributed by atoms with Gasteiger partial charge in [-0.3, -0.25) is 0 Å². The Morgan fingerprint density at radius 1 is 1.21 bits per heavy atom. The summed E-state index contributed by atoms with van der Waals surface area (Å²) in [5, 5.41) is 0. The van der Waals surface area contributed by atoms with Crippen LogP contribution in [0.2, 0.25) is 0 Å². The van der Waals surface area contributed by atoms with Crippen molar-refractivity contribution in [3.8, 4) is 0 Å². The van der Waals surface area contributed by atoms with Gasteiger partial charge in [-0.2, -0.15) is 0 Å². The van der Waals surface area contributed by atoms with Gasteiger partial charge in [-0.15, -0.1) is 0 Å². The highest BCUT2D eigenvalue weighted by Gasteiger charge is 2.21. The third-order valence-electron chi connectivity index (χ3n) is 3.37. The monoisotopic (exact) mass is 189 g/mol. The first-order valence-electron chi connectivity index (χ1n) is 5.63. The minimum Gasteiger partial charge on any atom is -0.372 e. The van der Waals surface area contributed by atoms with Gasteiger partial charge in [-0.05, 0) is 43.4 Å². The number of aryl methyl sites for hydroxylation is 1. The summed E-state index contributed by atoms with van der Waals surface area (Å²) in [5.41, 5.74) is 2.79. The summed E-state index contributed by atoms with van der Waals surface area (Å²) < 4.78 is 0. The molecule has 1 heteroatoms. The van der Waals surface area contributed by atoms with Crippen molar-refractivity contribution in [2.24, 2.45) is 0 Å². The lowest BCUT2D eigenvalue weighted by atomic mass is 9.91. The molecular weight excluding hydrogens is 170 g/mol. The third-order valence-corrected chi connectivity index (χ3v) is 3.37. The summed E-state index contributed by atoms with van der Waals surface area (Å²) in [5.74, 6) is 0. The predicted molar refractivity (Wildman–Crippen MR) is 61.9 cm³/mol. The number of anilines is 1. The summed E-state index contributed by atoms with van der Waals surface area (Å²) in [6, 6.07) is 9.77. The maximum atomic E-state index is 2.42. The minimum atomic E-state index is 0.794. The van der Waals surface area contributed by atoms with Gasteiger partial charge in [0.2, 0.25) is 0 Å². The second-order valence-corrected chi connectivity index (χ2v) is 4.22. The average Bonchev–Trinajstić information content (AvgIpc) is 2.15. The average molecular weight is 189 g/mol. The van der Waals surface area contributed by atoms with Gasteiger partial charge in [0.1, 0.15) is 0 Å². The van der Waals surface area contributed by atoms with Crippen molar-refractivity contribution in [1.29, 1.82) is 0 Å². The van der Waals surface area contributed by atoms with Crippen LogP contribution in [0.5, 0.6) is 0 Å². The summed E-state index contributed by atoms with van der Waals surface area (Å²) >= 11 is 0. The number of hydrogen-bond acceptors (Lipinski definition) is 1. The highest BCUT2D eigenvalue weighted by Crippen LogP contribution is 2.28. The van der Waals surface area contributed by atoms with Crippen LogP contribution in [0.1, 0.15) is 31.7 Å². The van der Waals surface area contributed by atoms with E-state index in [4.69, 9.17) is 0 Å². The molecule has 1 aliphatic rings. The lowest BCUT2D eigenvalue weighted by Gasteiger charge is -2.36. The van der Waals surface area contributed by atoms with Crippen LogP contribution in [0.3, 0.4) is 0 Å². The zero-order chi connectivity index (χ0) is 9.97. The highest BCUT2D eigenvalue weighted by atomic mass is 15.1. The van der Waals surface area contributed by atoms with E-state index in [0.29, 0.717) is 0 Å². The van der Waals surface area contributed by atoms with Crippen LogP contribution in [-0.2, 0) is 6.42 Å². The molecule has 0 atom stereocenters. The predicted octanol–water partition coefficient (Wildman–Crippen LogP) is 3.24. The molecule has 1 fully saturated rings. The van der Waals surface area contributed by atoms with Gasteiger partial charge in [0, 0.05) is 18.8 Å². The maximum absolute atomic E-state index is 2.42. The molecular formula is C13H19N. The third kappa shape index (κ3) is 1.77. The molecule has 0 amide bonds. The van der Waals surface area contributed by atoms with E-state index in [2.05, 4.69) is 43.1 Å². The van der Waals surface area contributed by atoms with E-state index in [9.17, 15) is 0 Å². The van der Waals surface area contributed by atoms with Crippen LogP contribution in [0.15, 0.2) is 24.3 Å². The molecule has 14 heavy (non-hydrogen) atoms. The summed E-state index contributed by atoms with van der Waals surface area (Å²) in [4.78, 5) is 2.42. The van der Waals surface area contributed by atoms with Crippen molar-refractivity contribution < 1.29 is 0 Å². The van der Waals surface area contributed by atoms with Gasteiger partial charge in [0.15, 0.2) is 0 Å². The molecule has 1 aromatic carbocycles. The Morgan fingerprint density at radius 2 is 1.86 bits per heavy atom. The Balaban J connectivity index is 2.07. The first-order chi connectivity index (χ1) is 6.81. The molecule has 0 bridgehead atoms. The zero-order valence-corrected chi connectivity index (χ0v) is 9.16. The van der Waals surface area contributed by atoms with Crippen LogP contribution in [0.25, 0.3) is 0 Å².